The van der Waals surface area contributed by atoms with Gasteiger partial charge in [0.1, 0.15) is 11.5 Å². The van der Waals surface area contributed by atoms with E-state index in [1.54, 1.807) is 24.3 Å². The number of benzene rings is 3. The number of anilines is 1. The third-order valence-corrected chi connectivity index (χ3v) is 4.69. The average molecular weight is 403 g/mol. The van der Waals surface area contributed by atoms with E-state index in [0.717, 1.165) is 11.1 Å². The molecule has 3 rings (SSSR count). The van der Waals surface area contributed by atoms with Gasteiger partial charge in [-0.1, -0.05) is 44.5 Å². The molecule has 3 aromatic carbocycles. The first kappa shape index (κ1) is 21.1. The summed E-state index contributed by atoms with van der Waals surface area (Å²) >= 11 is 0. The van der Waals surface area contributed by atoms with Gasteiger partial charge in [-0.2, -0.15) is 0 Å². The average Bonchev–Trinajstić information content (AvgIpc) is 2.69. The van der Waals surface area contributed by atoms with Crippen LogP contribution in [0.4, 0.5) is 5.69 Å². The van der Waals surface area contributed by atoms with Gasteiger partial charge in [-0.3, -0.25) is 4.79 Å². The fraction of sp³-hybridized carbons (Fsp3) is 0.200. The molecule has 30 heavy (non-hydrogen) atoms. The summed E-state index contributed by atoms with van der Waals surface area (Å²) in [5.41, 5.74) is 3.10. The molecule has 154 valence electrons. The first-order chi connectivity index (χ1) is 14.1. The normalized spacial score (nSPS) is 11.1. The van der Waals surface area contributed by atoms with Crippen LogP contribution in [0.25, 0.3) is 0 Å². The Morgan fingerprint density at radius 1 is 0.867 bits per heavy atom. The van der Waals surface area contributed by atoms with Gasteiger partial charge in [-0.15, -0.1) is 0 Å². The summed E-state index contributed by atoms with van der Waals surface area (Å²) in [6, 6.07) is 19.2. The molecule has 0 heterocycles. The van der Waals surface area contributed by atoms with Crippen molar-refractivity contribution in [3.05, 3.63) is 89.0 Å². The smallest absolute Gasteiger partial charge is 0.335 e. The van der Waals surface area contributed by atoms with E-state index in [9.17, 15) is 9.59 Å². The highest BCUT2D eigenvalue weighted by molar-refractivity contribution is 6.04. The van der Waals surface area contributed by atoms with E-state index in [2.05, 4.69) is 26.1 Å². The Morgan fingerprint density at radius 3 is 2.03 bits per heavy atom. The highest BCUT2D eigenvalue weighted by atomic mass is 16.5. The highest BCUT2D eigenvalue weighted by Gasteiger charge is 2.21. The van der Waals surface area contributed by atoms with Gasteiger partial charge in [0.15, 0.2) is 0 Å². The number of carboxylic acids is 1. The molecule has 0 bridgehead atoms. The van der Waals surface area contributed by atoms with Gasteiger partial charge in [0.05, 0.1) is 5.56 Å². The number of ether oxygens (including phenoxy) is 1. The maximum absolute atomic E-state index is 12.8. The van der Waals surface area contributed by atoms with E-state index in [1.807, 2.05) is 37.3 Å². The number of nitrogens with one attached hydrogen (secondary N) is 1. The van der Waals surface area contributed by atoms with Crippen LogP contribution in [0.5, 0.6) is 11.5 Å². The second-order valence-electron chi connectivity index (χ2n) is 8.21. The minimum Gasteiger partial charge on any atom is -0.478 e. The van der Waals surface area contributed by atoms with Crippen LogP contribution in [0.1, 0.15) is 52.6 Å². The van der Waals surface area contributed by atoms with Crippen molar-refractivity contribution in [1.82, 2.24) is 0 Å². The lowest BCUT2D eigenvalue weighted by molar-refractivity contribution is 0.0696. The van der Waals surface area contributed by atoms with Crippen LogP contribution >= 0.6 is 0 Å². The Morgan fingerprint density at radius 2 is 1.47 bits per heavy atom. The van der Waals surface area contributed by atoms with E-state index >= 15 is 0 Å². The van der Waals surface area contributed by atoms with Gasteiger partial charge in [-0.25, -0.2) is 4.79 Å². The molecule has 0 fully saturated rings. The number of aromatic carboxylic acids is 1. The summed E-state index contributed by atoms with van der Waals surface area (Å²) in [6.45, 7) is 8.29. The zero-order chi connectivity index (χ0) is 21.9. The molecule has 5 nitrogen and oxygen atoms in total. The van der Waals surface area contributed by atoms with Gasteiger partial charge in [-0.05, 0) is 60.9 Å². The Bertz CT molecular complexity index is 1060. The Labute approximate surface area is 176 Å². The lowest BCUT2D eigenvalue weighted by Crippen LogP contribution is -2.16. The van der Waals surface area contributed by atoms with Crippen LogP contribution in [0.3, 0.4) is 0 Å². The molecular formula is C25H25NO4. The highest BCUT2D eigenvalue weighted by Crippen LogP contribution is 2.35. The SMILES string of the molecule is Cc1ccc(Oc2cc(C(=O)Nc3ccc(C(=O)O)cc3)ccc2C(C)(C)C)cc1. The van der Waals surface area contributed by atoms with Crippen LogP contribution in [0.2, 0.25) is 0 Å². The number of carbonyl (C=O) groups excluding carboxylic acids is 1. The molecule has 0 unspecified atom stereocenters. The molecule has 2 N–H and O–H groups in total. The van der Waals surface area contributed by atoms with Crippen molar-refractivity contribution in [2.24, 2.45) is 0 Å². The summed E-state index contributed by atoms with van der Waals surface area (Å²) < 4.78 is 6.13. The zero-order valence-electron chi connectivity index (χ0n) is 17.5. The molecule has 1 amide bonds. The van der Waals surface area contributed by atoms with Crippen LogP contribution in [-0.2, 0) is 5.41 Å². The van der Waals surface area contributed by atoms with Crippen LogP contribution in [0.15, 0.2) is 66.7 Å². The standard InChI is InChI=1S/C25H25NO4/c1-16-5-12-20(13-6-16)30-22-15-18(9-14-21(22)25(2,3)4)23(27)26-19-10-7-17(8-11-19)24(28)29/h5-15H,1-4H3,(H,26,27)(H,28,29). The van der Waals surface area contributed by atoms with Crippen molar-refractivity contribution in [3.63, 3.8) is 0 Å². The Kier molecular flexibility index (Phi) is 5.92. The monoisotopic (exact) mass is 403 g/mol. The van der Waals surface area contributed by atoms with Crippen LogP contribution < -0.4 is 10.1 Å². The first-order valence-corrected chi connectivity index (χ1v) is 9.67. The fourth-order valence-electron chi connectivity index (χ4n) is 3.00. The number of hydrogen-bond donors (Lipinski definition) is 2. The van der Waals surface area contributed by atoms with Crippen molar-refractivity contribution in [3.8, 4) is 11.5 Å². The number of rotatable bonds is 5. The van der Waals surface area contributed by atoms with Gasteiger partial charge in [0, 0.05) is 16.8 Å². The molecule has 0 radical (unpaired) electrons. The second-order valence-corrected chi connectivity index (χ2v) is 8.21. The first-order valence-electron chi connectivity index (χ1n) is 9.67. The lowest BCUT2D eigenvalue weighted by atomic mass is 9.85. The van der Waals surface area contributed by atoms with Crippen LogP contribution in [-0.4, -0.2) is 17.0 Å². The topological polar surface area (TPSA) is 75.6 Å². The summed E-state index contributed by atoms with van der Waals surface area (Å²) in [5, 5.41) is 11.8. The molecule has 0 saturated heterocycles. The van der Waals surface area contributed by atoms with Gasteiger partial charge >= 0.3 is 5.97 Å². The molecule has 3 aromatic rings. The molecule has 0 spiro atoms. The molecule has 0 aliphatic carbocycles. The molecule has 0 saturated carbocycles. The van der Waals surface area contributed by atoms with Gasteiger partial charge in [0.2, 0.25) is 0 Å². The van der Waals surface area contributed by atoms with E-state index in [4.69, 9.17) is 9.84 Å². The van der Waals surface area contributed by atoms with Gasteiger partial charge < -0.3 is 15.2 Å². The van der Waals surface area contributed by atoms with Crippen molar-refractivity contribution in [1.29, 1.82) is 0 Å². The van der Waals surface area contributed by atoms with Crippen molar-refractivity contribution in [2.75, 3.05) is 5.32 Å². The molecular weight excluding hydrogens is 378 g/mol. The van der Waals surface area contributed by atoms with Crippen LogP contribution in [0, 0.1) is 6.92 Å². The summed E-state index contributed by atoms with van der Waals surface area (Å²) in [7, 11) is 0. The van der Waals surface area contributed by atoms with Crippen molar-refractivity contribution in [2.45, 2.75) is 33.1 Å². The predicted octanol–water partition coefficient (Wildman–Crippen LogP) is 6.04. The number of hydrogen-bond acceptors (Lipinski definition) is 3. The van der Waals surface area contributed by atoms with E-state index in [1.165, 1.54) is 12.1 Å². The second kappa shape index (κ2) is 8.41. The Balaban J connectivity index is 1.88. The number of amides is 1. The minimum atomic E-state index is -1.01. The zero-order valence-corrected chi connectivity index (χ0v) is 17.5. The maximum Gasteiger partial charge on any atom is 0.335 e. The fourth-order valence-corrected chi connectivity index (χ4v) is 3.00. The largest absolute Gasteiger partial charge is 0.478 e. The van der Waals surface area contributed by atoms with E-state index in [0.29, 0.717) is 22.7 Å². The summed E-state index contributed by atoms with van der Waals surface area (Å²) in [4.78, 5) is 23.7. The number of aryl methyl sites for hydroxylation is 1. The quantitative estimate of drug-likeness (QED) is 0.545. The minimum absolute atomic E-state index is 0.163. The van der Waals surface area contributed by atoms with Crippen molar-refractivity contribution < 1.29 is 19.4 Å². The maximum atomic E-state index is 12.8. The molecule has 5 heteroatoms. The molecule has 0 aliphatic rings. The molecule has 0 aromatic heterocycles. The summed E-state index contributed by atoms with van der Waals surface area (Å²) in [6.07, 6.45) is 0. The van der Waals surface area contributed by atoms with Gasteiger partial charge in [0.25, 0.3) is 5.91 Å². The lowest BCUT2D eigenvalue weighted by Gasteiger charge is -2.23. The third-order valence-electron chi connectivity index (χ3n) is 4.69. The number of carboxylic acid groups (broad SMARTS) is 1. The molecule has 0 aliphatic heterocycles. The summed E-state index contributed by atoms with van der Waals surface area (Å²) in [5.74, 6) is 0.0176. The Hall–Kier alpha value is -3.60. The van der Waals surface area contributed by atoms with Crippen molar-refractivity contribution >= 4 is 17.6 Å². The van der Waals surface area contributed by atoms with E-state index < -0.39 is 5.97 Å². The number of carbonyl (C=O) groups is 2. The predicted molar refractivity (Wildman–Crippen MR) is 118 cm³/mol. The molecule has 0 atom stereocenters. The third kappa shape index (κ3) is 5.06. The van der Waals surface area contributed by atoms with E-state index in [-0.39, 0.29) is 16.9 Å².